The van der Waals surface area contributed by atoms with Crippen molar-refractivity contribution < 1.29 is 9.53 Å². The van der Waals surface area contributed by atoms with Crippen molar-refractivity contribution in [3.05, 3.63) is 113 Å². The number of hydrogen-bond donors (Lipinski definition) is 1. The maximum Gasteiger partial charge on any atom is 0.249 e. The topological polar surface area (TPSA) is 57.2 Å². The molecule has 0 saturated carbocycles. The molecule has 5 heteroatoms. The van der Waals surface area contributed by atoms with E-state index in [9.17, 15) is 4.79 Å². The number of primary amides is 1. The molecule has 2 N–H and O–H groups in total. The van der Waals surface area contributed by atoms with Gasteiger partial charge in [0.15, 0.2) is 0 Å². The average Bonchev–Trinajstić information content (AvgIpc) is 3.12. The first-order valence-corrected chi connectivity index (χ1v) is 10.7. The van der Waals surface area contributed by atoms with Crippen molar-refractivity contribution in [2.24, 2.45) is 5.73 Å². The van der Waals surface area contributed by atoms with Crippen LogP contribution in [0.25, 0.3) is 21.8 Å². The van der Waals surface area contributed by atoms with Crippen molar-refractivity contribution in [3.63, 3.8) is 0 Å². The predicted molar refractivity (Wildman–Crippen MR) is 129 cm³/mol. The number of halogens is 1. The number of benzene rings is 4. The Bertz CT molecular complexity index is 1440. The van der Waals surface area contributed by atoms with Gasteiger partial charge in [0.1, 0.15) is 12.4 Å². The second-order valence-electron chi connectivity index (χ2n) is 7.69. The van der Waals surface area contributed by atoms with Crippen LogP contribution in [-0.4, -0.2) is 10.5 Å². The van der Waals surface area contributed by atoms with Gasteiger partial charge in [0.25, 0.3) is 0 Å². The van der Waals surface area contributed by atoms with Crippen molar-refractivity contribution in [3.8, 4) is 5.75 Å². The quantitative estimate of drug-likeness (QED) is 0.343. The van der Waals surface area contributed by atoms with E-state index in [1.54, 1.807) is 6.07 Å². The number of nitrogens with two attached hydrogens (primary N) is 1. The lowest BCUT2D eigenvalue weighted by molar-refractivity contribution is 0.100. The first-order valence-electron chi connectivity index (χ1n) is 10.4. The van der Waals surface area contributed by atoms with Crippen molar-refractivity contribution in [1.29, 1.82) is 0 Å². The first-order chi connectivity index (χ1) is 15.6. The summed E-state index contributed by atoms with van der Waals surface area (Å²) in [5.74, 6) is 0.371. The number of carbonyl (C=O) groups is 1. The Morgan fingerprint density at radius 3 is 2.47 bits per heavy atom. The molecule has 4 aromatic carbocycles. The van der Waals surface area contributed by atoms with Crippen molar-refractivity contribution >= 4 is 39.3 Å². The van der Waals surface area contributed by atoms with Crippen LogP contribution in [0.4, 0.5) is 0 Å². The number of amides is 1. The Morgan fingerprint density at radius 1 is 0.875 bits per heavy atom. The Labute approximate surface area is 190 Å². The number of ether oxygens (including phenoxy) is 1. The predicted octanol–water partition coefficient (Wildman–Crippen LogP) is 6.17. The van der Waals surface area contributed by atoms with Gasteiger partial charge in [0, 0.05) is 26.9 Å². The van der Waals surface area contributed by atoms with Gasteiger partial charge >= 0.3 is 0 Å². The van der Waals surface area contributed by atoms with Crippen molar-refractivity contribution in [2.75, 3.05) is 0 Å². The standard InChI is InChI=1S/C27H21ClN2O2/c28-20-13-14-21-24(15-20)30(23-11-6-10-22(26(21)23)27(29)31)16-19-9-4-5-12-25(19)32-17-18-7-2-1-3-8-18/h1-15H,16-17H2,(H2,29,31). The highest BCUT2D eigenvalue weighted by Gasteiger charge is 2.17. The number of fused-ring (bicyclic) bond motifs is 3. The molecule has 1 heterocycles. The normalized spacial score (nSPS) is 11.2. The van der Waals surface area contributed by atoms with E-state index in [0.29, 0.717) is 23.7 Å². The van der Waals surface area contributed by atoms with Crippen LogP contribution >= 0.6 is 11.6 Å². The van der Waals surface area contributed by atoms with E-state index < -0.39 is 5.91 Å². The van der Waals surface area contributed by atoms with Crippen LogP contribution in [0.3, 0.4) is 0 Å². The molecule has 0 aliphatic carbocycles. The van der Waals surface area contributed by atoms with Crippen molar-refractivity contribution in [1.82, 2.24) is 4.57 Å². The van der Waals surface area contributed by atoms with E-state index in [-0.39, 0.29) is 0 Å². The lowest BCUT2D eigenvalue weighted by atomic mass is 10.1. The molecule has 0 bridgehead atoms. The maximum absolute atomic E-state index is 12.1. The van der Waals surface area contributed by atoms with Gasteiger partial charge in [-0.15, -0.1) is 0 Å². The number of aromatic nitrogens is 1. The van der Waals surface area contributed by atoms with Gasteiger partial charge in [0.05, 0.1) is 17.6 Å². The summed E-state index contributed by atoms with van der Waals surface area (Å²) in [5, 5.41) is 2.42. The van der Waals surface area contributed by atoms with Gasteiger partial charge in [-0.05, 0) is 35.9 Å². The van der Waals surface area contributed by atoms with Gasteiger partial charge in [0.2, 0.25) is 5.91 Å². The third-order valence-corrected chi connectivity index (χ3v) is 5.89. The fraction of sp³-hybridized carbons (Fsp3) is 0.0741. The van der Waals surface area contributed by atoms with Crippen LogP contribution < -0.4 is 10.5 Å². The summed E-state index contributed by atoms with van der Waals surface area (Å²) in [7, 11) is 0. The number of para-hydroxylation sites is 1. The molecule has 0 atom stereocenters. The first kappa shape index (κ1) is 20.2. The summed E-state index contributed by atoms with van der Waals surface area (Å²) in [6.07, 6.45) is 0. The highest BCUT2D eigenvalue weighted by Crippen LogP contribution is 2.34. The molecule has 0 unspecified atom stereocenters. The highest BCUT2D eigenvalue weighted by molar-refractivity contribution is 6.32. The number of nitrogens with zero attached hydrogens (tertiary/aromatic N) is 1. The number of carbonyl (C=O) groups excluding carboxylic acids is 1. The fourth-order valence-corrected chi connectivity index (χ4v) is 4.34. The molecular formula is C27H21ClN2O2. The smallest absolute Gasteiger partial charge is 0.249 e. The van der Waals surface area contributed by atoms with Crippen LogP contribution in [0.5, 0.6) is 5.75 Å². The highest BCUT2D eigenvalue weighted by atomic mass is 35.5. The molecule has 0 spiro atoms. The summed E-state index contributed by atoms with van der Waals surface area (Å²) in [6, 6.07) is 29.4. The summed E-state index contributed by atoms with van der Waals surface area (Å²) in [6.45, 7) is 1.05. The molecule has 4 nitrogen and oxygen atoms in total. The van der Waals surface area contributed by atoms with E-state index in [1.807, 2.05) is 78.9 Å². The average molecular weight is 441 g/mol. The zero-order valence-electron chi connectivity index (χ0n) is 17.3. The summed E-state index contributed by atoms with van der Waals surface area (Å²) < 4.78 is 8.33. The fourth-order valence-electron chi connectivity index (χ4n) is 4.17. The molecule has 0 aliphatic rings. The molecular weight excluding hydrogens is 420 g/mol. The summed E-state index contributed by atoms with van der Waals surface area (Å²) in [5.41, 5.74) is 10.2. The summed E-state index contributed by atoms with van der Waals surface area (Å²) in [4.78, 5) is 12.1. The molecule has 32 heavy (non-hydrogen) atoms. The minimum absolute atomic E-state index is 0.448. The van der Waals surface area contributed by atoms with Gasteiger partial charge in [-0.1, -0.05) is 72.3 Å². The van der Waals surface area contributed by atoms with Gasteiger partial charge in [-0.25, -0.2) is 0 Å². The van der Waals surface area contributed by atoms with E-state index in [4.69, 9.17) is 22.1 Å². The lowest BCUT2D eigenvalue weighted by Crippen LogP contribution is -2.11. The molecule has 1 amide bonds. The lowest BCUT2D eigenvalue weighted by Gasteiger charge is -2.14. The maximum atomic E-state index is 12.1. The van der Waals surface area contributed by atoms with E-state index >= 15 is 0 Å². The zero-order chi connectivity index (χ0) is 22.1. The molecule has 0 aliphatic heterocycles. The van der Waals surface area contributed by atoms with Crippen LogP contribution in [0.1, 0.15) is 21.5 Å². The molecule has 0 radical (unpaired) electrons. The molecule has 0 saturated heterocycles. The largest absolute Gasteiger partial charge is 0.489 e. The van der Waals surface area contributed by atoms with Crippen LogP contribution in [0.15, 0.2) is 91.0 Å². The Kier molecular flexibility index (Phi) is 5.29. The monoisotopic (exact) mass is 440 g/mol. The SMILES string of the molecule is NC(=O)c1cccc2c1c1ccc(Cl)cc1n2Cc1ccccc1OCc1ccccc1. The zero-order valence-corrected chi connectivity index (χ0v) is 18.0. The Morgan fingerprint density at radius 2 is 1.66 bits per heavy atom. The minimum Gasteiger partial charge on any atom is -0.489 e. The van der Waals surface area contributed by atoms with Crippen LogP contribution in [-0.2, 0) is 13.2 Å². The third kappa shape index (κ3) is 3.70. The molecule has 5 rings (SSSR count). The number of hydrogen-bond acceptors (Lipinski definition) is 2. The van der Waals surface area contributed by atoms with Gasteiger partial charge < -0.3 is 15.0 Å². The van der Waals surface area contributed by atoms with Gasteiger partial charge in [-0.3, -0.25) is 4.79 Å². The van der Waals surface area contributed by atoms with Crippen LogP contribution in [0.2, 0.25) is 5.02 Å². The molecule has 1 aromatic heterocycles. The number of rotatable bonds is 6. The van der Waals surface area contributed by atoms with Crippen molar-refractivity contribution in [2.45, 2.75) is 13.2 Å². The summed E-state index contributed by atoms with van der Waals surface area (Å²) >= 11 is 6.34. The third-order valence-electron chi connectivity index (χ3n) is 5.66. The second kappa shape index (κ2) is 8.40. The van der Waals surface area contributed by atoms with Crippen LogP contribution in [0, 0.1) is 0 Å². The minimum atomic E-state index is -0.448. The second-order valence-corrected chi connectivity index (χ2v) is 8.13. The molecule has 5 aromatic rings. The van der Waals surface area contributed by atoms with E-state index in [2.05, 4.69) is 10.6 Å². The van der Waals surface area contributed by atoms with E-state index in [1.165, 1.54) is 0 Å². The van der Waals surface area contributed by atoms with E-state index in [0.717, 1.165) is 38.7 Å². The molecule has 158 valence electrons. The Balaban J connectivity index is 1.61. The molecule has 0 fully saturated rings. The van der Waals surface area contributed by atoms with Gasteiger partial charge in [-0.2, -0.15) is 0 Å². The Hall–Kier alpha value is -3.76.